The summed E-state index contributed by atoms with van der Waals surface area (Å²) in [5.74, 6) is 0. The maximum Gasteiger partial charge on any atom is 0.283 e. The summed E-state index contributed by atoms with van der Waals surface area (Å²) in [5.41, 5.74) is 4.13. The zero-order valence-corrected chi connectivity index (χ0v) is 16.9. The van der Waals surface area contributed by atoms with Gasteiger partial charge in [0.05, 0.1) is 39.1 Å². The van der Waals surface area contributed by atoms with E-state index >= 15 is 0 Å². The van der Waals surface area contributed by atoms with E-state index in [0.717, 1.165) is 15.8 Å². The molecule has 0 bridgehead atoms. The molecule has 3 heterocycles. The number of hydrogen-bond acceptors (Lipinski definition) is 5. The number of rotatable bonds is 4. The van der Waals surface area contributed by atoms with Crippen LogP contribution in [0.1, 0.15) is 12.5 Å². The monoisotopic (exact) mass is 411 g/mol. The first-order valence-corrected chi connectivity index (χ1v) is 10.2. The zero-order valence-electron chi connectivity index (χ0n) is 16.1. The van der Waals surface area contributed by atoms with Crippen molar-refractivity contribution >= 4 is 33.0 Å². The molecule has 0 aliphatic rings. The Morgan fingerprint density at radius 1 is 1.03 bits per heavy atom. The van der Waals surface area contributed by atoms with Crippen LogP contribution in [0.15, 0.2) is 88.9 Å². The number of nitrogens with one attached hydrogen (secondary N) is 1. The van der Waals surface area contributed by atoms with Crippen molar-refractivity contribution in [2.75, 3.05) is 0 Å². The second kappa shape index (κ2) is 7.53. The fourth-order valence-corrected chi connectivity index (χ4v) is 4.27. The number of benzene rings is 2. The molecule has 7 heteroatoms. The van der Waals surface area contributed by atoms with Gasteiger partial charge in [0, 0.05) is 11.8 Å². The van der Waals surface area contributed by atoms with Gasteiger partial charge in [0.25, 0.3) is 5.56 Å². The van der Waals surface area contributed by atoms with E-state index < -0.39 is 0 Å². The fraction of sp³-hybridized carbons (Fsp3) is 0.0435. The Morgan fingerprint density at radius 2 is 1.83 bits per heavy atom. The van der Waals surface area contributed by atoms with Crippen molar-refractivity contribution in [1.82, 2.24) is 19.7 Å². The van der Waals surface area contributed by atoms with Gasteiger partial charge in [-0.2, -0.15) is 4.68 Å². The van der Waals surface area contributed by atoms with Crippen LogP contribution in [0.3, 0.4) is 0 Å². The third-order valence-electron chi connectivity index (χ3n) is 4.73. The molecule has 0 amide bonds. The Kier molecular flexibility index (Phi) is 4.57. The van der Waals surface area contributed by atoms with Gasteiger partial charge >= 0.3 is 0 Å². The summed E-state index contributed by atoms with van der Waals surface area (Å²) in [4.78, 5) is 26.8. The van der Waals surface area contributed by atoms with Crippen LogP contribution in [-0.2, 0) is 0 Å². The van der Waals surface area contributed by atoms with E-state index in [-0.39, 0.29) is 5.56 Å². The first-order chi connectivity index (χ1) is 14.7. The maximum absolute atomic E-state index is 13.5. The largest absolute Gasteiger partial charge is 0.288 e. The van der Waals surface area contributed by atoms with E-state index in [1.165, 1.54) is 16.0 Å². The molecule has 0 aliphatic heterocycles. The summed E-state index contributed by atoms with van der Waals surface area (Å²) in [5, 5.41) is 3.86. The highest BCUT2D eigenvalue weighted by molar-refractivity contribution is 7.20. The lowest BCUT2D eigenvalue weighted by Crippen LogP contribution is -2.19. The molecule has 0 aliphatic carbocycles. The molecule has 0 fully saturated rings. The predicted molar refractivity (Wildman–Crippen MR) is 121 cm³/mol. The average molecular weight is 411 g/mol. The Bertz CT molecular complexity index is 1380. The number of para-hydroxylation sites is 1. The van der Waals surface area contributed by atoms with Crippen molar-refractivity contribution in [3.8, 4) is 16.4 Å². The second-order valence-electron chi connectivity index (χ2n) is 6.74. The quantitative estimate of drug-likeness (QED) is 0.424. The average Bonchev–Trinajstić information content (AvgIpc) is 3.36. The Balaban J connectivity index is 1.72. The molecule has 0 spiro atoms. The van der Waals surface area contributed by atoms with Gasteiger partial charge in [0.1, 0.15) is 0 Å². The van der Waals surface area contributed by atoms with E-state index in [2.05, 4.69) is 20.1 Å². The molecular weight excluding hydrogens is 394 g/mol. The van der Waals surface area contributed by atoms with Gasteiger partial charge in [-0.15, -0.1) is 0 Å². The highest BCUT2D eigenvalue weighted by Crippen LogP contribution is 2.26. The van der Waals surface area contributed by atoms with Crippen molar-refractivity contribution in [2.45, 2.75) is 6.92 Å². The molecule has 146 valence electrons. The van der Waals surface area contributed by atoms with E-state index in [4.69, 9.17) is 0 Å². The van der Waals surface area contributed by atoms with Crippen LogP contribution in [-0.4, -0.2) is 25.5 Å². The number of aromatic nitrogens is 4. The van der Waals surface area contributed by atoms with Crippen molar-refractivity contribution in [1.29, 1.82) is 0 Å². The SMILES string of the molecule is CC(=Nc1cccnc1)c1c(-c2ccccc2)[nH]n(-c2nc3ccccc3s2)c1=O. The summed E-state index contributed by atoms with van der Waals surface area (Å²) in [7, 11) is 0. The van der Waals surface area contributed by atoms with Crippen molar-refractivity contribution in [3.63, 3.8) is 0 Å². The lowest BCUT2D eigenvalue weighted by Gasteiger charge is -2.02. The summed E-state index contributed by atoms with van der Waals surface area (Å²) in [6.45, 7) is 1.84. The zero-order chi connectivity index (χ0) is 20.5. The molecule has 0 saturated heterocycles. The minimum Gasteiger partial charge on any atom is -0.288 e. The number of hydrogen-bond donors (Lipinski definition) is 1. The molecule has 30 heavy (non-hydrogen) atoms. The van der Waals surface area contributed by atoms with Crippen LogP contribution in [0.4, 0.5) is 5.69 Å². The summed E-state index contributed by atoms with van der Waals surface area (Å²) in [6, 6.07) is 21.3. The van der Waals surface area contributed by atoms with Gasteiger partial charge in [-0.3, -0.25) is 19.9 Å². The van der Waals surface area contributed by atoms with Gasteiger partial charge in [-0.1, -0.05) is 53.8 Å². The minimum atomic E-state index is -0.182. The predicted octanol–water partition coefficient (Wildman–Crippen LogP) is 4.98. The van der Waals surface area contributed by atoms with Gasteiger partial charge in [-0.05, 0) is 31.2 Å². The molecular formula is C23H17N5OS. The summed E-state index contributed by atoms with van der Waals surface area (Å²) in [6.07, 6.45) is 3.37. The van der Waals surface area contributed by atoms with Gasteiger partial charge in [-0.25, -0.2) is 4.98 Å². The number of pyridine rings is 1. The first kappa shape index (κ1) is 18.2. The number of aromatic amines is 1. The number of aliphatic imine (C=N–C) groups is 1. The fourth-order valence-electron chi connectivity index (χ4n) is 3.35. The van der Waals surface area contributed by atoms with Gasteiger partial charge in [0.2, 0.25) is 5.13 Å². The van der Waals surface area contributed by atoms with E-state index in [0.29, 0.717) is 27.8 Å². The van der Waals surface area contributed by atoms with Gasteiger partial charge < -0.3 is 0 Å². The highest BCUT2D eigenvalue weighted by atomic mass is 32.1. The summed E-state index contributed by atoms with van der Waals surface area (Å²) >= 11 is 1.47. The third-order valence-corrected chi connectivity index (χ3v) is 5.75. The first-order valence-electron chi connectivity index (χ1n) is 9.43. The van der Waals surface area contributed by atoms with Crippen LogP contribution in [0.25, 0.3) is 26.6 Å². The molecule has 0 saturated carbocycles. The smallest absolute Gasteiger partial charge is 0.283 e. The molecule has 5 rings (SSSR count). The lowest BCUT2D eigenvalue weighted by molar-refractivity contribution is 0.845. The van der Waals surface area contributed by atoms with Crippen molar-refractivity contribution < 1.29 is 0 Å². The molecule has 0 unspecified atom stereocenters. The normalized spacial score (nSPS) is 11.8. The molecule has 3 aromatic heterocycles. The number of nitrogens with zero attached hydrogens (tertiary/aromatic N) is 4. The topological polar surface area (TPSA) is 75.9 Å². The second-order valence-corrected chi connectivity index (χ2v) is 7.75. The lowest BCUT2D eigenvalue weighted by atomic mass is 10.1. The Morgan fingerprint density at radius 3 is 2.60 bits per heavy atom. The molecule has 0 radical (unpaired) electrons. The van der Waals surface area contributed by atoms with Crippen molar-refractivity contribution in [2.24, 2.45) is 4.99 Å². The van der Waals surface area contributed by atoms with Crippen LogP contribution < -0.4 is 5.56 Å². The number of H-pyrrole nitrogens is 1. The minimum absolute atomic E-state index is 0.182. The van der Waals surface area contributed by atoms with Crippen LogP contribution in [0.2, 0.25) is 0 Å². The third kappa shape index (κ3) is 3.25. The highest BCUT2D eigenvalue weighted by Gasteiger charge is 2.21. The van der Waals surface area contributed by atoms with Crippen molar-refractivity contribution in [3.05, 3.63) is 95.0 Å². The van der Waals surface area contributed by atoms with E-state index in [1.807, 2.05) is 73.7 Å². The molecule has 1 N–H and O–H groups in total. The Hall–Kier alpha value is -3.84. The number of thiazole rings is 1. The van der Waals surface area contributed by atoms with Crippen LogP contribution in [0, 0.1) is 0 Å². The van der Waals surface area contributed by atoms with E-state index in [1.54, 1.807) is 12.4 Å². The Labute approximate surface area is 176 Å². The molecule has 2 aromatic carbocycles. The van der Waals surface area contributed by atoms with Crippen LogP contribution >= 0.6 is 11.3 Å². The molecule has 5 aromatic rings. The number of fused-ring (bicyclic) bond motifs is 1. The maximum atomic E-state index is 13.5. The molecule has 6 nitrogen and oxygen atoms in total. The molecule has 0 atom stereocenters. The summed E-state index contributed by atoms with van der Waals surface area (Å²) < 4.78 is 2.53. The van der Waals surface area contributed by atoms with Gasteiger partial charge in [0.15, 0.2) is 0 Å². The standard InChI is InChI=1S/C23H17N5OS/c1-15(25-17-10-7-13-24-14-17)20-21(16-8-3-2-4-9-16)27-28(22(20)29)23-26-18-11-5-6-12-19(18)30-23/h2-14,27H,1H3. The van der Waals surface area contributed by atoms with E-state index in [9.17, 15) is 4.79 Å². The van der Waals surface area contributed by atoms with Crippen LogP contribution in [0.5, 0.6) is 0 Å².